The molecule has 2 rings (SSSR count). The van der Waals surface area contributed by atoms with Crippen molar-refractivity contribution in [2.75, 3.05) is 28.0 Å². The number of aromatic nitrogens is 2. The molecule has 0 spiro atoms. The fourth-order valence-corrected chi connectivity index (χ4v) is 2.62. The van der Waals surface area contributed by atoms with Gasteiger partial charge >= 0.3 is 0 Å². The Labute approximate surface area is 92.2 Å². The lowest BCUT2D eigenvalue weighted by Crippen LogP contribution is -2.20. The van der Waals surface area contributed by atoms with Crippen molar-refractivity contribution < 1.29 is 0 Å². The summed E-state index contributed by atoms with van der Waals surface area (Å²) in [5.41, 5.74) is 8.00. The maximum atomic E-state index is 5.55. The van der Waals surface area contributed by atoms with Gasteiger partial charge in [0.25, 0.3) is 0 Å². The Morgan fingerprint density at radius 2 is 2.20 bits per heavy atom. The number of hydrogen-bond donors (Lipinski definition) is 4. The van der Waals surface area contributed by atoms with Gasteiger partial charge in [0.2, 0.25) is 5.95 Å². The molecule has 0 bridgehead atoms. The number of nitrogens with zero attached hydrogens (tertiary/aromatic N) is 2. The first kappa shape index (κ1) is 10.3. The molecule has 15 heavy (non-hydrogen) atoms. The van der Waals surface area contributed by atoms with Gasteiger partial charge in [-0.2, -0.15) is 21.7 Å². The van der Waals surface area contributed by atoms with Crippen molar-refractivity contribution in [3.63, 3.8) is 0 Å². The van der Waals surface area contributed by atoms with Crippen molar-refractivity contribution in [1.29, 1.82) is 0 Å². The molecule has 1 unspecified atom stereocenters. The van der Waals surface area contributed by atoms with Crippen molar-refractivity contribution in [2.45, 2.75) is 12.5 Å². The van der Waals surface area contributed by atoms with E-state index in [0.717, 1.165) is 18.0 Å². The number of nitrogen functional groups attached to an aromatic ring is 2. The molecular weight excluding hydrogens is 212 g/mol. The van der Waals surface area contributed by atoms with Crippen LogP contribution in [-0.4, -0.2) is 27.5 Å². The number of nitrogens with one attached hydrogen (secondary N) is 2. The molecule has 1 saturated heterocycles. The molecule has 6 nitrogen and oxygen atoms in total. The second kappa shape index (κ2) is 4.54. The predicted molar refractivity (Wildman–Crippen MR) is 63.6 cm³/mol. The summed E-state index contributed by atoms with van der Waals surface area (Å²) < 4.78 is 0. The monoisotopic (exact) mass is 226 g/mol. The molecule has 0 aliphatic carbocycles. The van der Waals surface area contributed by atoms with Crippen molar-refractivity contribution in [3.8, 4) is 0 Å². The highest BCUT2D eigenvalue weighted by Crippen LogP contribution is 2.21. The molecule has 6 N–H and O–H groups in total. The highest BCUT2D eigenvalue weighted by molar-refractivity contribution is 7.99. The van der Waals surface area contributed by atoms with Gasteiger partial charge in [0.1, 0.15) is 11.6 Å². The minimum Gasteiger partial charge on any atom is -0.368 e. The fourth-order valence-electron chi connectivity index (χ4n) is 1.47. The molecule has 82 valence electrons. The average molecular weight is 226 g/mol. The fraction of sp³-hybridized carbons (Fsp3) is 0.500. The Kier molecular flexibility index (Phi) is 3.12. The van der Waals surface area contributed by atoms with Crippen molar-refractivity contribution in [2.24, 2.45) is 5.84 Å². The van der Waals surface area contributed by atoms with Crippen LogP contribution in [0.2, 0.25) is 0 Å². The first-order valence-electron chi connectivity index (χ1n) is 4.73. The van der Waals surface area contributed by atoms with E-state index in [2.05, 4.69) is 20.7 Å². The summed E-state index contributed by atoms with van der Waals surface area (Å²) in [5, 5.41) is 3.31. The summed E-state index contributed by atoms with van der Waals surface area (Å²) in [5.74, 6) is 9.04. The van der Waals surface area contributed by atoms with Gasteiger partial charge in [-0.3, -0.25) is 0 Å². The molecular formula is C8H14N6S. The van der Waals surface area contributed by atoms with Gasteiger partial charge in [-0.1, -0.05) is 0 Å². The van der Waals surface area contributed by atoms with Gasteiger partial charge in [-0.05, 0) is 12.2 Å². The highest BCUT2D eigenvalue weighted by Gasteiger charge is 2.15. The Morgan fingerprint density at radius 1 is 1.40 bits per heavy atom. The number of anilines is 3. The molecule has 1 fully saturated rings. The van der Waals surface area contributed by atoms with Crippen molar-refractivity contribution in [3.05, 3.63) is 6.07 Å². The average Bonchev–Trinajstić information content (AvgIpc) is 2.69. The molecule has 1 aromatic rings. The largest absolute Gasteiger partial charge is 0.368 e. The number of rotatable bonds is 3. The maximum Gasteiger partial charge on any atom is 0.223 e. The molecule has 0 aromatic carbocycles. The zero-order valence-corrected chi connectivity index (χ0v) is 9.05. The molecule has 1 atom stereocenters. The molecule has 1 aliphatic rings. The van der Waals surface area contributed by atoms with Gasteiger partial charge in [0.05, 0.1) is 0 Å². The first-order valence-corrected chi connectivity index (χ1v) is 5.89. The van der Waals surface area contributed by atoms with Crippen LogP contribution in [0.25, 0.3) is 0 Å². The van der Waals surface area contributed by atoms with E-state index in [4.69, 9.17) is 11.6 Å². The van der Waals surface area contributed by atoms with E-state index in [-0.39, 0.29) is 5.95 Å². The summed E-state index contributed by atoms with van der Waals surface area (Å²) in [4.78, 5) is 8.01. The van der Waals surface area contributed by atoms with Gasteiger partial charge in [0.15, 0.2) is 0 Å². The number of hydrazine groups is 1. The van der Waals surface area contributed by atoms with Crippen LogP contribution in [0.3, 0.4) is 0 Å². The summed E-state index contributed by atoms with van der Waals surface area (Å²) in [6.45, 7) is 0. The third-order valence-electron chi connectivity index (χ3n) is 2.17. The molecule has 1 aromatic heterocycles. The van der Waals surface area contributed by atoms with Gasteiger partial charge in [0, 0.05) is 17.9 Å². The van der Waals surface area contributed by atoms with E-state index in [0.29, 0.717) is 11.9 Å². The first-order chi connectivity index (χ1) is 7.28. The van der Waals surface area contributed by atoms with E-state index in [9.17, 15) is 0 Å². The lowest BCUT2D eigenvalue weighted by atomic mass is 10.2. The Hall–Kier alpha value is -1.21. The Morgan fingerprint density at radius 3 is 2.87 bits per heavy atom. The number of hydrogen-bond acceptors (Lipinski definition) is 7. The molecule has 2 heterocycles. The van der Waals surface area contributed by atoms with Crippen molar-refractivity contribution in [1.82, 2.24) is 9.97 Å². The van der Waals surface area contributed by atoms with Gasteiger partial charge in [-0.25, -0.2) is 5.84 Å². The van der Waals surface area contributed by atoms with E-state index >= 15 is 0 Å². The summed E-state index contributed by atoms with van der Waals surface area (Å²) in [7, 11) is 0. The normalized spacial score (nSPS) is 20.2. The minimum absolute atomic E-state index is 0.221. The van der Waals surface area contributed by atoms with E-state index in [1.807, 2.05) is 11.8 Å². The second-order valence-corrected chi connectivity index (χ2v) is 4.50. The van der Waals surface area contributed by atoms with Gasteiger partial charge < -0.3 is 16.5 Å². The Bertz CT molecular complexity index is 338. The third kappa shape index (κ3) is 2.63. The van der Waals surface area contributed by atoms with Crippen LogP contribution in [0.1, 0.15) is 6.42 Å². The quantitative estimate of drug-likeness (QED) is 0.433. The van der Waals surface area contributed by atoms with Crippen LogP contribution in [0.15, 0.2) is 6.07 Å². The summed E-state index contributed by atoms with van der Waals surface area (Å²) in [6, 6.07) is 2.22. The number of nitrogens with two attached hydrogens (primary N) is 2. The minimum atomic E-state index is 0.221. The topological polar surface area (TPSA) is 102 Å². The second-order valence-electron chi connectivity index (χ2n) is 3.35. The molecule has 0 saturated carbocycles. The lowest BCUT2D eigenvalue weighted by Gasteiger charge is -2.12. The van der Waals surface area contributed by atoms with Crippen LogP contribution >= 0.6 is 11.8 Å². The lowest BCUT2D eigenvalue weighted by molar-refractivity contribution is 0.806. The smallest absolute Gasteiger partial charge is 0.223 e. The molecule has 0 amide bonds. The van der Waals surface area contributed by atoms with E-state index in [1.54, 1.807) is 6.07 Å². The summed E-state index contributed by atoms with van der Waals surface area (Å²) in [6.07, 6.45) is 1.15. The van der Waals surface area contributed by atoms with E-state index in [1.165, 1.54) is 5.75 Å². The van der Waals surface area contributed by atoms with Crippen LogP contribution < -0.4 is 22.3 Å². The van der Waals surface area contributed by atoms with E-state index < -0.39 is 0 Å². The van der Waals surface area contributed by atoms with Crippen LogP contribution in [0.5, 0.6) is 0 Å². The Balaban J connectivity index is 2.09. The van der Waals surface area contributed by atoms with Crippen LogP contribution in [-0.2, 0) is 0 Å². The highest BCUT2D eigenvalue weighted by atomic mass is 32.2. The molecule has 0 radical (unpaired) electrons. The van der Waals surface area contributed by atoms with Crippen molar-refractivity contribution >= 4 is 29.3 Å². The third-order valence-corrected chi connectivity index (χ3v) is 3.34. The predicted octanol–water partition coefficient (Wildman–Crippen LogP) is 0.262. The standard InChI is InChI=1S/C8H14N6S/c9-8-12-6(3-7(13-8)14-10)11-5-1-2-15-4-5/h3,5H,1-2,4,10H2,(H4,9,11,12,13,14). The van der Waals surface area contributed by atoms with Crippen LogP contribution in [0, 0.1) is 0 Å². The zero-order valence-electron chi connectivity index (χ0n) is 8.23. The zero-order chi connectivity index (χ0) is 10.7. The number of thioether (sulfide) groups is 1. The maximum absolute atomic E-state index is 5.55. The SMILES string of the molecule is NNc1cc(NC2CCSC2)nc(N)n1. The van der Waals surface area contributed by atoms with Crippen LogP contribution in [0.4, 0.5) is 17.6 Å². The summed E-state index contributed by atoms with van der Waals surface area (Å²) >= 11 is 1.94. The van der Waals surface area contributed by atoms with Gasteiger partial charge in [-0.15, -0.1) is 0 Å². The molecule has 1 aliphatic heterocycles. The molecule has 7 heteroatoms.